The van der Waals surface area contributed by atoms with Crippen molar-refractivity contribution in [2.75, 3.05) is 6.61 Å². The van der Waals surface area contributed by atoms with Crippen molar-refractivity contribution in [3.8, 4) is 6.07 Å². The number of H-pyrrole nitrogens is 1. The van der Waals surface area contributed by atoms with Crippen LogP contribution in [-0.4, -0.2) is 17.6 Å². The van der Waals surface area contributed by atoms with Gasteiger partial charge < -0.3 is 14.5 Å². The zero-order chi connectivity index (χ0) is 16.7. The van der Waals surface area contributed by atoms with Crippen molar-refractivity contribution in [1.29, 1.82) is 5.26 Å². The zero-order valence-corrected chi connectivity index (χ0v) is 12.7. The molecule has 0 saturated carbocycles. The van der Waals surface area contributed by atoms with Crippen LogP contribution in [0.4, 0.5) is 0 Å². The van der Waals surface area contributed by atoms with Gasteiger partial charge in [0, 0.05) is 0 Å². The Morgan fingerprint density at radius 2 is 2.00 bits per heavy atom. The molecular weight excluding hydrogens is 296 g/mol. The quantitative estimate of drug-likeness (QED) is 0.825. The summed E-state index contributed by atoms with van der Waals surface area (Å²) in [4.78, 5) is 26.2. The average Bonchev–Trinajstić information content (AvgIpc) is 2.56. The molecule has 0 amide bonds. The van der Waals surface area contributed by atoms with E-state index in [4.69, 9.17) is 14.7 Å². The summed E-state index contributed by atoms with van der Waals surface area (Å²) in [6.45, 7) is 2.25. The van der Waals surface area contributed by atoms with E-state index < -0.39 is 11.5 Å². The van der Waals surface area contributed by atoms with Crippen molar-refractivity contribution < 1.29 is 14.3 Å². The van der Waals surface area contributed by atoms with Crippen molar-refractivity contribution >= 4 is 5.97 Å². The number of carbonyl (C=O) groups is 1. The summed E-state index contributed by atoms with van der Waals surface area (Å²) in [7, 11) is 0. The molecule has 118 valence electrons. The first-order chi connectivity index (χ1) is 11.2. The number of esters is 1. The summed E-state index contributed by atoms with van der Waals surface area (Å²) < 4.78 is 10.5. The lowest BCUT2D eigenvalue weighted by Gasteiger charge is -2.10. The first-order valence-corrected chi connectivity index (χ1v) is 7.10. The number of nitrogens with zero attached hydrogens (tertiary/aromatic N) is 1. The monoisotopic (exact) mass is 312 g/mol. The minimum absolute atomic E-state index is 0.0317. The van der Waals surface area contributed by atoms with Crippen molar-refractivity contribution in [3.05, 3.63) is 69.1 Å². The molecule has 2 aromatic rings. The van der Waals surface area contributed by atoms with Gasteiger partial charge in [-0.3, -0.25) is 4.79 Å². The highest BCUT2D eigenvalue weighted by Crippen LogP contribution is 2.11. The summed E-state index contributed by atoms with van der Waals surface area (Å²) in [6, 6.07) is 12.5. The molecule has 1 aromatic heterocycles. The molecule has 1 heterocycles. The smallest absolute Gasteiger partial charge is 0.340 e. The first kappa shape index (κ1) is 16.5. The van der Waals surface area contributed by atoms with Crippen LogP contribution in [0.3, 0.4) is 0 Å². The molecule has 0 aliphatic heterocycles. The van der Waals surface area contributed by atoms with Gasteiger partial charge in [0.25, 0.3) is 5.56 Å². The fraction of sp³-hybridized carbons (Fsp3) is 0.235. The number of rotatable bonds is 6. The van der Waals surface area contributed by atoms with E-state index in [0.717, 1.165) is 5.56 Å². The van der Waals surface area contributed by atoms with Gasteiger partial charge in [0.05, 0.1) is 31.1 Å². The molecule has 0 bridgehead atoms. The van der Waals surface area contributed by atoms with E-state index >= 15 is 0 Å². The second-order valence-electron chi connectivity index (χ2n) is 4.72. The molecule has 0 aliphatic rings. The maximum absolute atomic E-state index is 12.0. The average molecular weight is 312 g/mol. The molecule has 2 rings (SSSR count). The predicted molar refractivity (Wildman–Crippen MR) is 82.7 cm³/mol. The van der Waals surface area contributed by atoms with Crippen LogP contribution in [0.2, 0.25) is 0 Å². The van der Waals surface area contributed by atoms with Crippen molar-refractivity contribution in [2.45, 2.75) is 20.1 Å². The summed E-state index contributed by atoms with van der Waals surface area (Å²) in [5.41, 5.74) is 0.708. The highest BCUT2D eigenvalue weighted by atomic mass is 16.5. The topological polar surface area (TPSA) is 92.2 Å². The molecule has 23 heavy (non-hydrogen) atoms. The summed E-state index contributed by atoms with van der Waals surface area (Å²) in [6.07, 6.45) is 0. The second kappa shape index (κ2) is 7.92. The van der Waals surface area contributed by atoms with Crippen LogP contribution in [-0.2, 0) is 22.7 Å². The number of benzene rings is 1. The van der Waals surface area contributed by atoms with E-state index in [1.165, 1.54) is 6.07 Å². The number of hydrogen-bond donors (Lipinski definition) is 1. The minimum atomic E-state index is -0.599. The molecule has 1 aromatic carbocycles. The highest BCUT2D eigenvalue weighted by molar-refractivity contribution is 5.90. The van der Waals surface area contributed by atoms with Crippen molar-refractivity contribution in [3.63, 3.8) is 0 Å². The Kier molecular flexibility index (Phi) is 5.67. The second-order valence-corrected chi connectivity index (χ2v) is 4.72. The Bertz CT molecular complexity index is 775. The van der Waals surface area contributed by atoms with Gasteiger partial charge in [0.1, 0.15) is 11.6 Å². The van der Waals surface area contributed by atoms with Crippen LogP contribution in [0.5, 0.6) is 0 Å². The minimum Gasteiger partial charge on any atom is -0.462 e. The summed E-state index contributed by atoms with van der Waals surface area (Å²) in [5, 5.41) is 8.92. The summed E-state index contributed by atoms with van der Waals surface area (Å²) in [5.74, 6) is -0.599. The van der Waals surface area contributed by atoms with Gasteiger partial charge in [-0.15, -0.1) is 0 Å². The van der Waals surface area contributed by atoms with Crippen LogP contribution in [0.1, 0.15) is 34.1 Å². The maximum Gasteiger partial charge on any atom is 0.340 e. The van der Waals surface area contributed by atoms with E-state index in [0.29, 0.717) is 12.3 Å². The number of aromatic amines is 1. The standard InChI is InChI=1S/C17H16N2O4/c1-2-23-17(21)14-8-13(9-18)16(20)19-15(14)11-22-10-12-6-4-3-5-7-12/h3-8H,2,10-11H2,1H3,(H,19,20). The normalized spacial score (nSPS) is 10.1. The first-order valence-electron chi connectivity index (χ1n) is 7.10. The highest BCUT2D eigenvalue weighted by Gasteiger charge is 2.16. The molecule has 0 radical (unpaired) electrons. The van der Waals surface area contributed by atoms with E-state index in [1.807, 2.05) is 30.3 Å². The SMILES string of the molecule is CCOC(=O)c1cc(C#N)c(=O)[nH]c1COCc1ccccc1. The summed E-state index contributed by atoms with van der Waals surface area (Å²) >= 11 is 0. The Morgan fingerprint density at radius 1 is 1.26 bits per heavy atom. The van der Waals surface area contributed by atoms with E-state index in [2.05, 4.69) is 4.98 Å². The van der Waals surface area contributed by atoms with Gasteiger partial charge in [-0.2, -0.15) is 5.26 Å². The third-order valence-electron chi connectivity index (χ3n) is 3.10. The molecule has 0 atom stereocenters. The number of hydrogen-bond acceptors (Lipinski definition) is 5. The van der Waals surface area contributed by atoms with Crippen molar-refractivity contribution in [1.82, 2.24) is 4.98 Å². The molecule has 6 nitrogen and oxygen atoms in total. The van der Waals surface area contributed by atoms with Crippen LogP contribution in [0.15, 0.2) is 41.2 Å². The number of carbonyl (C=O) groups excluding carboxylic acids is 1. The third-order valence-corrected chi connectivity index (χ3v) is 3.10. The molecule has 6 heteroatoms. The molecule has 0 spiro atoms. The van der Waals surface area contributed by atoms with E-state index in [9.17, 15) is 9.59 Å². The molecular formula is C17H16N2O4. The van der Waals surface area contributed by atoms with Crippen LogP contribution >= 0.6 is 0 Å². The number of pyridine rings is 1. The number of ether oxygens (including phenoxy) is 2. The maximum atomic E-state index is 12.0. The molecule has 0 unspecified atom stereocenters. The number of nitrogens with one attached hydrogen (secondary N) is 1. The van der Waals surface area contributed by atoms with Crippen LogP contribution < -0.4 is 5.56 Å². The Morgan fingerprint density at radius 3 is 2.65 bits per heavy atom. The molecule has 1 N–H and O–H groups in total. The van der Waals surface area contributed by atoms with Crippen LogP contribution in [0, 0.1) is 11.3 Å². The Labute approximate surface area is 133 Å². The van der Waals surface area contributed by atoms with E-state index in [-0.39, 0.29) is 24.3 Å². The zero-order valence-electron chi connectivity index (χ0n) is 12.7. The van der Waals surface area contributed by atoms with Crippen molar-refractivity contribution in [2.24, 2.45) is 0 Å². The third kappa shape index (κ3) is 4.28. The largest absolute Gasteiger partial charge is 0.462 e. The molecule has 0 fully saturated rings. The van der Waals surface area contributed by atoms with Gasteiger partial charge in [-0.1, -0.05) is 30.3 Å². The number of aromatic nitrogens is 1. The van der Waals surface area contributed by atoms with Gasteiger partial charge in [0.15, 0.2) is 0 Å². The predicted octanol–water partition coefficient (Wildman–Crippen LogP) is 2.14. The fourth-order valence-electron chi connectivity index (χ4n) is 2.00. The lowest BCUT2D eigenvalue weighted by molar-refractivity contribution is 0.0514. The lowest BCUT2D eigenvalue weighted by Crippen LogP contribution is -2.19. The molecule has 0 saturated heterocycles. The van der Waals surface area contributed by atoms with Crippen LogP contribution in [0.25, 0.3) is 0 Å². The van der Waals surface area contributed by atoms with Gasteiger partial charge in [-0.05, 0) is 18.6 Å². The van der Waals surface area contributed by atoms with Gasteiger partial charge >= 0.3 is 5.97 Å². The Balaban J connectivity index is 2.19. The van der Waals surface area contributed by atoms with Gasteiger partial charge in [0.2, 0.25) is 0 Å². The van der Waals surface area contributed by atoms with Gasteiger partial charge in [-0.25, -0.2) is 4.79 Å². The lowest BCUT2D eigenvalue weighted by atomic mass is 10.1. The number of nitriles is 1. The molecule has 0 aliphatic carbocycles. The van der Waals surface area contributed by atoms with E-state index in [1.54, 1.807) is 13.0 Å². The Hall–Kier alpha value is -2.91. The fourth-order valence-corrected chi connectivity index (χ4v) is 2.00.